The number of piperidine rings is 1. The van der Waals surface area contributed by atoms with Crippen molar-refractivity contribution in [3.63, 3.8) is 0 Å². The number of ketones is 1. The van der Waals surface area contributed by atoms with Gasteiger partial charge in [0, 0.05) is 19.5 Å². The second-order valence-electron chi connectivity index (χ2n) is 6.23. The quantitative estimate of drug-likeness (QED) is 0.590. The third-order valence-electron chi connectivity index (χ3n) is 3.52. The van der Waals surface area contributed by atoms with Crippen LogP contribution in [0.1, 0.15) is 47.5 Å². The van der Waals surface area contributed by atoms with Crippen molar-refractivity contribution in [1.82, 2.24) is 4.90 Å². The van der Waals surface area contributed by atoms with Gasteiger partial charge in [-0.3, -0.25) is 9.59 Å². The van der Waals surface area contributed by atoms with E-state index in [1.165, 1.54) is 4.90 Å². The third kappa shape index (κ3) is 3.95. The number of carbonyl (C=O) groups excluding carboxylic acids is 3. The Balaban J connectivity index is 2.93. The summed E-state index contributed by atoms with van der Waals surface area (Å²) in [7, 11) is 0. The minimum Gasteiger partial charge on any atom is -0.465 e. The second kappa shape index (κ2) is 6.45. The van der Waals surface area contributed by atoms with E-state index in [-0.39, 0.29) is 31.9 Å². The van der Waals surface area contributed by atoms with Crippen LogP contribution in [0.2, 0.25) is 0 Å². The lowest BCUT2D eigenvalue weighted by Crippen LogP contribution is -2.56. The molecule has 1 unspecified atom stereocenters. The van der Waals surface area contributed by atoms with Crippen molar-refractivity contribution >= 4 is 17.8 Å². The minimum absolute atomic E-state index is 0.0239. The van der Waals surface area contributed by atoms with E-state index in [4.69, 9.17) is 9.47 Å². The minimum atomic E-state index is -1.26. The van der Waals surface area contributed by atoms with Gasteiger partial charge >= 0.3 is 12.1 Å². The van der Waals surface area contributed by atoms with E-state index in [1.54, 1.807) is 34.6 Å². The van der Waals surface area contributed by atoms with Crippen LogP contribution in [-0.4, -0.2) is 48.0 Å². The molecule has 0 aromatic carbocycles. The molecule has 6 nitrogen and oxygen atoms in total. The SMILES string of the molecule is CCOC(=O)C1(CC)CN(C(=O)OC(C)(C)C)CCC1=O. The van der Waals surface area contributed by atoms with Crippen LogP contribution < -0.4 is 0 Å². The number of nitrogens with zero attached hydrogens (tertiary/aromatic N) is 1. The molecule has 1 heterocycles. The van der Waals surface area contributed by atoms with E-state index in [9.17, 15) is 14.4 Å². The zero-order valence-electron chi connectivity index (χ0n) is 13.5. The number of esters is 1. The summed E-state index contributed by atoms with van der Waals surface area (Å²) in [5, 5.41) is 0. The maximum atomic E-state index is 12.2. The lowest BCUT2D eigenvalue weighted by molar-refractivity contribution is -0.163. The first-order chi connectivity index (χ1) is 9.66. The number of hydrogen-bond acceptors (Lipinski definition) is 5. The van der Waals surface area contributed by atoms with Crippen molar-refractivity contribution < 1.29 is 23.9 Å². The second-order valence-corrected chi connectivity index (χ2v) is 6.23. The fourth-order valence-corrected chi connectivity index (χ4v) is 2.35. The normalized spacial score (nSPS) is 22.9. The van der Waals surface area contributed by atoms with Gasteiger partial charge in [0.15, 0.2) is 5.78 Å². The van der Waals surface area contributed by atoms with Crippen molar-refractivity contribution in [2.75, 3.05) is 19.7 Å². The lowest BCUT2D eigenvalue weighted by atomic mass is 9.76. The molecule has 0 N–H and O–H groups in total. The number of Topliss-reactive ketones (excluding diaryl/α,β-unsaturated/α-hetero) is 1. The van der Waals surface area contributed by atoms with E-state index in [1.807, 2.05) is 0 Å². The molecule has 0 aromatic rings. The number of carbonyl (C=O) groups is 3. The standard InChI is InChI=1S/C15H25NO5/c1-6-15(12(18)20-7-2)10-16(9-8-11(15)17)13(19)21-14(3,4)5/h6-10H2,1-5H3. The smallest absolute Gasteiger partial charge is 0.410 e. The number of amides is 1. The van der Waals surface area contributed by atoms with E-state index in [0.717, 1.165) is 0 Å². The zero-order chi connectivity index (χ0) is 16.3. The highest BCUT2D eigenvalue weighted by atomic mass is 16.6. The molecule has 1 aliphatic rings. The van der Waals surface area contributed by atoms with Gasteiger partial charge in [-0.25, -0.2) is 4.79 Å². The van der Waals surface area contributed by atoms with Gasteiger partial charge in [-0.05, 0) is 34.1 Å². The first-order valence-electron chi connectivity index (χ1n) is 7.34. The molecule has 0 bridgehead atoms. The Hall–Kier alpha value is -1.59. The van der Waals surface area contributed by atoms with Crippen LogP contribution >= 0.6 is 0 Å². The number of likely N-dealkylation sites (tertiary alicyclic amines) is 1. The fourth-order valence-electron chi connectivity index (χ4n) is 2.35. The maximum Gasteiger partial charge on any atom is 0.410 e. The third-order valence-corrected chi connectivity index (χ3v) is 3.52. The summed E-state index contributed by atoms with van der Waals surface area (Å²) in [5.41, 5.74) is -1.87. The van der Waals surface area contributed by atoms with Crippen molar-refractivity contribution in [1.29, 1.82) is 0 Å². The molecular weight excluding hydrogens is 274 g/mol. The van der Waals surface area contributed by atoms with E-state index < -0.39 is 23.1 Å². The molecular formula is C15H25NO5. The highest BCUT2D eigenvalue weighted by Crippen LogP contribution is 2.32. The molecule has 120 valence electrons. The highest BCUT2D eigenvalue weighted by Gasteiger charge is 2.50. The van der Waals surface area contributed by atoms with Gasteiger partial charge in [0.2, 0.25) is 0 Å². The predicted molar refractivity (Wildman–Crippen MR) is 76.8 cm³/mol. The fraction of sp³-hybridized carbons (Fsp3) is 0.800. The Morgan fingerprint density at radius 2 is 1.90 bits per heavy atom. The van der Waals surface area contributed by atoms with Crippen LogP contribution in [0.3, 0.4) is 0 Å². The number of rotatable bonds is 3. The van der Waals surface area contributed by atoms with Gasteiger partial charge in [-0.1, -0.05) is 6.92 Å². The average molecular weight is 299 g/mol. The summed E-state index contributed by atoms with van der Waals surface area (Å²) in [6, 6.07) is 0. The monoisotopic (exact) mass is 299 g/mol. The van der Waals surface area contributed by atoms with Gasteiger partial charge in [-0.15, -0.1) is 0 Å². The Bertz CT molecular complexity index is 426. The Labute approximate surface area is 125 Å². The topological polar surface area (TPSA) is 72.9 Å². The van der Waals surface area contributed by atoms with Gasteiger partial charge in [0.05, 0.1) is 6.61 Å². The van der Waals surface area contributed by atoms with Crippen molar-refractivity contribution in [3.8, 4) is 0 Å². The van der Waals surface area contributed by atoms with Crippen molar-refractivity contribution in [3.05, 3.63) is 0 Å². The molecule has 1 atom stereocenters. The molecule has 21 heavy (non-hydrogen) atoms. The Morgan fingerprint density at radius 3 is 2.38 bits per heavy atom. The zero-order valence-corrected chi connectivity index (χ0v) is 13.5. The van der Waals surface area contributed by atoms with Gasteiger partial charge in [0.1, 0.15) is 11.0 Å². The van der Waals surface area contributed by atoms with Crippen LogP contribution in [0.5, 0.6) is 0 Å². The van der Waals surface area contributed by atoms with Crippen molar-refractivity contribution in [2.45, 2.75) is 53.1 Å². The van der Waals surface area contributed by atoms with Crippen LogP contribution in [0.15, 0.2) is 0 Å². The van der Waals surface area contributed by atoms with Crippen LogP contribution in [0.4, 0.5) is 4.79 Å². The van der Waals surface area contributed by atoms with Crippen LogP contribution in [0.25, 0.3) is 0 Å². The Morgan fingerprint density at radius 1 is 1.29 bits per heavy atom. The molecule has 1 rings (SSSR count). The number of ether oxygens (including phenoxy) is 2. The molecule has 1 saturated heterocycles. The summed E-state index contributed by atoms with van der Waals surface area (Å²) in [4.78, 5) is 38.0. The number of hydrogen-bond donors (Lipinski definition) is 0. The molecule has 0 saturated carbocycles. The lowest BCUT2D eigenvalue weighted by Gasteiger charge is -2.39. The van der Waals surface area contributed by atoms with Crippen LogP contribution in [0, 0.1) is 5.41 Å². The summed E-state index contributed by atoms with van der Waals surface area (Å²) in [6.45, 7) is 9.29. The van der Waals surface area contributed by atoms with Crippen LogP contribution in [-0.2, 0) is 19.1 Å². The average Bonchev–Trinajstić information content (AvgIpc) is 2.37. The summed E-state index contributed by atoms with van der Waals surface area (Å²) >= 11 is 0. The highest BCUT2D eigenvalue weighted by molar-refractivity contribution is 6.05. The molecule has 0 radical (unpaired) electrons. The van der Waals surface area contributed by atoms with Gasteiger partial charge in [0.25, 0.3) is 0 Å². The van der Waals surface area contributed by atoms with Crippen molar-refractivity contribution in [2.24, 2.45) is 5.41 Å². The molecule has 1 amide bonds. The molecule has 1 fully saturated rings. The molecule has 6 heteroatoms. The molecule has 0 spiro atoms. The molecule has 1 aliphatic heterocycles. The molecule has 0 aliphatic carbocycles. The van der Waals surface area contributed by atoms with Gasteiger partial charge < -0.3 is 14.4 Å². The first-order valence-corrected chi connectivity index (χ1v) is 7.34. The predicted octanol–water partition coefficient (Wildman–Crippen LogP) is 2.16. The largest absolute Gasteiger partial charge is 0.465 e. The van der Waals surface area contributed by atoms with E-state index in [0.29, 0.717) is 6.42 Å². The summed E-state index contributed by atoms with van der Waals surface area (Å²) in [5.74, 6) is -0.714. The molecule has 0 aromatic heterocycles. The maximum absolute atomic E-state index is 12.2. The van der Waals surface area contributed by atoms with E-state index >= 15 is 0 Å². The summed E-state index contributed by atoms with van der Waals surface area (Å²) < 4.78 is 10.4. The summed E-state index contributed by atoms with van der Waals surface area (Å²) in [6.07, 6.45) is -0.0484. The van der Waals surface area contributed by atoms with Gasteiger partial charge in [-0.2, -0.15) is 0 Å². The Kier molecular flexibility index (Phi) is 5.36. The first kappa shape index (κ1) is 17.5. The van der Waals surface area contributed by atoms with E-state index in [2.05, 4.69) is 0 Å².